The molecule has 0 bridgehead atoms. The third-order valence-corrected chi connectivity index (χ3v) is 23.2. The molecule has 20 aromatic rings. The molecule has 0 aliphatic rings. The first-order valence-corrected chi connectivity index (χ1v) is 40.9. The molecule has 18 aromatic carbocycles. The molecule has 0 atom stereocenters. The second-order valence-corrected chi connectivity index (χ2v) is 30.4. The van der Waals surface area contributed by atoms with Crippen molar-refractivity contribution in [1.82, 2.24) is 0 Å². The number of rotatable bonds is 11. The highest BCUT2D eigenvalue weighted by atomic mass is 127. The topological polar surface area (TPSA) is 36.0 Å². The SMILES string of the molecule is Brc1ccccc1C#Cc1ccc(N(c2ccccc2)c2ccccc2)cc1.Brc1ccccc1I.C(#Cc1ccccc1-c1ccc2c(c1)oc1ccccc12)c1ccc(N(c2ccccc2)c2ccccc2)cc1.c1ccc(N(c2ccccc2)c2ccc(-c3cc4ccccc4c4cc5oc6ccccc6c5cc34)cc2)cc1. The largest absolute Gasteiger partial charge is 0.456 e. The van der Waals surface area contributed by atoms with Gasteiger partial charge < -0.3 is 23.5 Å². The van der Waals surface area contributed by atoms with Gasteiger partial charge in [-0.05, 0) is 305 Å². The fraction of sp³-hybridized carbons (Fsp3) is 0. The molecule has 0 aliphatic heterocycles. The zero-order chi connectivity index (χ0) is 78.4. The molecule has 2 aromatic heterocycles. The average molecular weight is 1730 g/mol. The van der Waals surface area contributed by atoms with Crippen LogP contribution in [0.3, 0.4) is 0 Å². The van der Waals surface area contributed by atoms with Crippen molar-refractivity contribution in [2.75, 3.05) is 14.7 Å². The summed E-state index contributed by atoms with van der Waals surface area (Å²) in [5.74, 6) is 13.3. The van der Waals surface area contributed by atoms with E-state index in [0.29, 0.717) is 0 Å². The molecule has 0 saturated carbocycles. The van der Waals surface area contributed by atoms with E-state index in [9.17, 15) is 0 Å². The number of para-hydroxylation sites is 8. The van der Waals surface area contributed by atoms with Crippen molar-refractivity contribution in [2.45, 2.75) is 0 Å². The minimum Gasteiger partial charge on any atom is -0.456 e. The van der Waals surface area contributed by atoms with E-state index in [1.54, 1.807) is 0 Å². The standard InChI is InChI=1S/2C38H25NO.C26H18BrN.C6H4BrI/c1-3-12-28(13-4-1)39(29-14-5-2-6-15-29)30-21-19-26(20-22-30)33-23-27-11-7-8-16-31(27)35-25-38-36(24-34(33)35)32-17-9-10-18-37(32)40-38;1-3-12-31(13-4-1)39(32-14-5-2-6-15-32)33-24-20-28(21-25-33)19-22-29-11-7-8-16-34(29)30-23-26-36-35-17-9-10-18-37(35)40-38(36)27-30;27-26-14-8-7-9-22(26)18-15-21-16-19-25(20-17-21)28(23-10-3-1-4-11-23)24-12-5-2-6-13-24;7-5-3-1-2-4-6(5)8/h1-25H;1-18,20-21,23-27H;1-14,16-17,19-20H;1-4H. The van der Waals surface area contributed by atoms with Crippen molar-refractivity contribution in [3.8, 4) is 45.9 Å². The van der Waals surface area contributed by atoms with Crippen LogP contribution in [0.25, 0.3) is 87.7 Å². The molecule has 2 heterocycles. The molecule has 0 amide bonds. The van der Waals surface area contributed by atoms with Gasteiger partial charge in [0, 0.05) is 108 Å². The summed E-state index contributed by atoms with van der Waals surface area (Å²) in [5, 5.41) is 9.46. The van der Waals surface area contributed by atoms with Gasteiger partial charge in [-0.2, -0.15) is 0 Å². The molecule has 0 saturated heterocycles. The Hall–Kier alpha value is -13.7. The Morgan fingerprint density at radius 3 is 1.03 bits per heavy atom. The van der Waals surface area contributed by atoms with Crippen molar-refractivity contribution in [1.29, 1.82) is 0 Å². The molecular weight excluding hydrogens is 1660 g/mol. The summed E-state index contributed by atoms with van der Waals surface area (Å²) in [4.78, 5) is 6.79. The third-order valence-electron chi connectivity index (χ3n) is 20.1. The third kappa shape index (κ3) is 17.0. The van der Waals surface area contributed by atoms with Crippen LogP contribution in [0.4, 0.5) is 51.2 Å². The van der Waals surface area contributed by atoms with E-state index >= 15 is 0 Å². The van der Waals surface area contributed by atoms with Crippen molar-refractivity contribution < 1.29 is 8.83 Å². The Labute approximate surface area is 706 Å². The van der Waals surface area contributed by atoms with Crippen LogP contribution in [0.1, 0.15) is 22.3 Å². The second kappa shape index (κ2) is 35.5. The van der Waals surface area contributed by atoms with Crippen LogP contribution in [0.2, 0.25) is 0 Å². The van der Waals surface area contributed by atoms with Gasteiger partial charge in [-0.3, -0.25) is 0 Å². The number of furan rings is 2. The van der Waals surface area contributed by atoms with Gasteiger partial charge in [-0.25, -0.2) is 0 Å². The Balaban J connectivity index is 0.000000121. The predicted octanol–water partition coefficient (Wildman–Crippen LogP) is 31.5. The first-order chi connectivity index (χ1) is 57.3. The lowest BCUT2D eigenvalue weighted by Crippen LogP contribution is -2.09. The highest BCUT2D eigenvalue weighted by Crippen LogP contribution is 2.44. The minimum atomic E-state index is 0.887. The van der Waals surface area contributed by atoms with Crippen LogP contribution in [-0.2, 0) is 0 Å². The molecule has 116 heavy (non-hydrogen) atoms. The average Bonchev–Trinajstić information content (AvgIpc) is 1.47. The molecule has 0 unspecified atom stereocenters. The van der Waals surface area contributed by atoms with Crippen molar-refractivity contribution in [3.05, 3.63) is 472 Å². The monoisotopic (exact) mass is 1730 g/mol. The fourth-order valence-electron chi connectivity index (χ4n) is 14.6. The lowest BCUT2D eigenvalue weighted by Gasteiger charge is -2.25. The van der Waals surface area contributed by atoms with Crippen LogP contribution in [-0.4, -0.2) is 0 Å². The maximum absolute atomic E-state index is 6.28. The summed E-state index contributed by atoms with van der Waals surface area (Å²) in [6.07, 6.45) is 0. The van der Waals surface area contributed by atoms with E-state index < -0.39 is 0 Å². The number of hydrogen-bond donors (Lipinski definition) is 0. The Kier molecular flexibility index (Phi) is 23.0. The predicted molar refractivity (Wildman–Crippen MR) is 503 cm³/mol. The summed E-state index contributed by atoms with van der Waals surface area (Å²) >= 11 is 9.21. The number of nitrogens with zero attached hydrogens (tertiary/aromatic N) is 3. The summed E-state index contributed by atoms with van der Waals surface area (Å²) < 4.78 is 15.8. The summed E-state index contributed by atoms with van der Waals surface area (Å²) in [6, 6.07) is 151. The molecule has 0 fully saturated rings. The molecule has 0 spiro atoms. The zero-order valence-corrected chi connectivity index (χ0v) is 68.2. The smallest absolute Gasteiger partial charge is 0.136 e. The van der Waals surface area contributed by atoms with Gasteiger partial charge in [0.2, 0.25) is 0 Å². The molecular formula is C108H72Br2IN3O2. The van der Waals surface area contributed by atoms with E-state index in [1.807, 2.05) is 103 Å². The maximum atomic E-state index is 6.28. The molecule has 0 radical (unpaired) electrons. The van der Waals surface area contributed by atoms with Crippen molar-refractivity contribution in [2.24, 2.45) is 0 Å². The van der Waals surface area contributed by atoms with E-state index in [4.69, 9.17) is 8.83 Å². The van der Waals surface area contributed by atoms with Gasteiger partial charge in [-0.15, -0.1) is 0 Å². The van der Waals surface area contributed by atoms with Crippen LogP contribution in [0, 0.1) is 27.3 Å². The number of anilines is 9. The van der Waals surface area contributed by atoms with E-state index in [1.165, 1.54) is 40.7 Å². The Bertz CT molecular complexity index is 6780. The van der Waals surface area contributed by atoms with Gasteiger partial charge in [0.1, 0.15) is 22.3 Å². The lowest BCUT2D eigenvalue weighted by atomic mass is 9.92. The van der Waals surface area contributed by atoms with Crippen LogP contribution in [0.5, 0.6) is 0 Å². The summed E-state index contributed by atoms with van der Waals surface area (Å²) in [5.41, 5.74) is 22.2. The van der Waals surface area contributed by atoms with Crippen molar-refractivity contribution >= 4 is 171 Å². The van der Waals surface area contributed by atoms with E-state index in [-0.39, 0.29) is 0 Å². The van der Waals surface area contributed by atoms with Crippen molar-refractivity contribution in [3.63, 3.8) is 0 Å². The number of halogens is 3. The number of benzene rings is 18. The van der Waals surface area contributed by atoms with Gasteiger partial charge in [0.05, 0.1) is 0 Å². The lowest BCUT2D eigenvalue weighted by molar-refractivity contribution is 0.669. The van der Waals surface area contributed by atoms with E-state index in [2.05, 4.69) is 426 Å². The first kappa shape index (κ1) is 75.0. The quantitative estimate of drug-likeness (QED) is 0.0733. The zero-order valence-electron chi connectivity index (χ0n) is 62.9. The minimum absolute atomic E-state index is 0.887. The maximum Gasteiger partial charge on any atom is 0.136 e. The van der Waals surface area contributed by atoms with Gasteiger partial charge >= 0.3 is 0 Å². The molecule has 20 rings (SSSR count). The molecule has 552 valence electrons. The molecule has 0 aliphatic carbocycles. The van der Waals surface area contributed by atoms with E-state index in [0.717, 1.165) is 133 Å². The highest BCUT2D eigenvalue weighted by molar-refractivity contribution is 14.1. The van der Waals surface area contributed by atoms with Gasteiger partial charge in [0.15, 0.2) is 0 Å². The van der Waals surface area contributed by atoms with Crippen LogP contribution in [0.15, 0.2) is 455 Å². The normalized spacial score (nSPS) is 10.8. The van der Waals surface area contributed by atoms with Gasteiger partial charge in [-0.1, -0.05) is 254 Å². The first-order valence-electron chi connectivity index (χ1n) is 38.3. The second-order valence-electron chi connectivity index (χ2n) is 27.5. The van der Waals surface area contributed by atoms with Gasteiger partial charge in [0.25, 0.3) is 0 Å². The Morgan fingerprint density at radius 2 is 0.569 bits per heavy atom. The fourth-order valence-corrected chi connectivity index (χ4v) is 15.6. The highest BCUT2D eigenvalue weighted by Gasteiger charge is 2.19. The summed E-state index contributed by atoms with van der Waals surface area (Å²) in [6.45, 7) is 0. The molecule has 0 N–H and O–H groups in total. The molecule has 8 heteroatoms. The van der Waals surface area contributed by atoms with Crippen LogP contribution < -0.4 is 14.7 Å². The molecule has 5 nitrogen and oxygen atoms in total. The Morgan fingerprint density at radius 1 is 0.216 bits per heavy atom. The number of hydrogen-bond acceptors (Lipinski definition) is 5. The summed E-state index contributed by atoms with van der Waals surface area (Å²) in [7, 11) is 0. The van der Waals surface area contributed by atoms with Crippen LogP contribution >= 0.6 is 54.5 Å². The number of fused-ring (bicyclic) bond motifs is 9.